The molecule has 36 heavy (non-hydrogen) atoms. The second-order valence-electron chi connectivity index (χ2n) is 8.50. The van der Waals surface area contributed by atoms with Crippen LogP contribution in [-0.4, -0.2) is 18.1 Å². The molecule has 0 amide bonds. The summed E-state index contributed by atoms with van der Waals surface area (Å²) in [5.41, 5.74) is 2.88. The molecule has 3 aromatic rings. The number of allylic oxidation sites excluding steroid dienone is 2. The lowest BCUT2D eigenvalue weighted by molar-refractivity contribution is -0.137. The van der Waals surface area contributed by atoms with Crippen molar-refractivity contribution >= 4 is 31.7 Å². The van der Waals surface area contributed by atoms with Gasteiger partial charge in [-0.25, -0.2) is 14.2 Å². The van der Waals surface area contributed by atoms with Crippen LogP contribution in [0.5, 0.6) is 5.88 Å². The summed E-state index contributed by atoms with van der Waals surface area (Å²) in [6, 6.07) is 10.8. The number of ether oxygens (including phenoxy) is 2. The first kappa shape index (κ1) is 25.8. The van der Waals surface area contributed by atoms with Gasteiger partial charge in [0.1, 0.15) is 12.4 Å². The molecule has 0 saturated heterocycles. The predicted octanol–water partition coefficient (Wildman–Crippen LogP) is 6.51. The van der Waals surface area contributed by atoms with E-state index in [1.165, 1.54) is 12.1 Å². The molecular weight excluding hydrogens is 493 g/mol. The monoisotopic (exact) mass is 517 g/mol. The molecule has 0 saturated carbocycles. The molecule has 1 heterocycles. The van der Waals surface area contributed by atoms with Gasteiger partial charge in [0.2, 0.25) is 5.88 Å². The van der Waals surface area contributed by atoms with Crippen LogP contribution < -0.4 is 10.0 Å². The molecule has 1 aliphatic carbocycles. The largest absolute Gasteiger partial charge is 0.472 e. The minimum atomic E-state index is -4.59. The van der Waals surface area contributed by atoms with Gasteiger partial charge in [0, 0.05) is 11.8 Å². The van der Waals surface area contributed by atoms with Crippen LogP contribution in [0.15, 0.2) is 48.7 Å². The average molecular weight is 517 g/mol. The Hall–Kier alpha value is -3.25. The van der Waals surface area contributed by atoms with E-state index in [1.807, 2.05) is 25.1 Å². The summed E-state index contributed by atoms with van der Waals surface area (Å²) in [6.45, 7) is 2.06. The van der Waals surface area contributed by atoms with E-state index in [1.54, 1.807) is 0 Å². The molecule has 0 N–H and O–H groups in total. The molecule has 0 bridgehead atoms. The Morgan fingerprint density at radius 3 is 2.56 bits per heavy atom. The molecule has 0 radical (unpaired) electrons. The predicted molar refractivity (Wildman–Crippen MR) is 132 cm³/mol. The molecule has 9 heteroatoms. The van der Waals surface area contributed by atoms with Crippen LogP contribution in [0.2, 0.25) is 0 Å². The van der Waals surface area contributed by atoms with E-state index in [-0.39, 0.29) is 23.6 Å². The third-order valence-corrected chi connectivity index (χ3v) is 6.78. The van der Waals surface area contributed by atoms with Crippen molar-refractivity contribution in [1.29, 1.82) is 0 Å². The van der Waals surface area contributed by atoms with Gasteiger partial charge in [0.05, 0.1) is 18.2 Å². The lowest BCUT2D eigenvalue weighted by Gasteiger charge is -2.17. The molecule has 2 aromatic carbocycles. The molecule has 1 aliphatic rings. The SMILES string of the molecule is COC(=O)c1cc(C2=C(c3cc(C(F)(F)F)cnc3OCc3c(C)cccc3P)CCC2)ccc1F. The number of pyridine rings is 1. The van der Waals surface area contributed by atoms with Gasteiger partial charge in [-0.05, 0) is 77.5 Å². The van der Waals surface area contributed by atoms with Gasteiger partial charge in [-0.3, -0.25) is 0 Å². The Morgan fingerprint density at radius 2 is 1.86 bits per heavy atom. The number of carbonyl (C=O) groups excluding carboxylic acids is 1. The van der Waals surface area contributed by atoms with E-state index in [4.69, 9.17) is 4.74 Å². The van der Waals surface area contributed by atoms with Crippen LogP contribution in [0.3, 0.4) is 0 Å². The van der Waals surface area contributed by atoms with Crippen molar-refractivity contribution in [2.24, 2.45) is 0 Å². The highest BCUT2D eigenvalue weighted by molar-refractivity contribution is 7.27. The fourth-order valence-corrected chi connectivity index (χ4v) is 4.76. The van der Waals surface area contributed by atoms with E-state index in [0.29, 0.717) is 36.0 Å². The second-order valence-corrected chi connectivity index (χ2v) is 9.12. The first-order valence-electron chi connectivity index (χ1n) is 11.2. The Labute approximate surface area is 208 Å². The van der Waals surface area contributed by atoms with Crippen LogP contribution in [-0.2, 0) is 17.5 Å². The van der Waals surface area contributed by atoms with Crippen molar-refractivity contribution in [3.05, 3.63) is 87.9 Å². The molecule has 188 valence electrons. The zero-order valence-electron chi connectivity index (χ0n) is 19.7. The molecule has 0 fully saturated rings. The van der Waals surface area contributed by atoms with E-state index in [2.05, 4.69) is 19.0 Å². The molecular formula is C27H24F4NO3P. The van der Waals surface area contributed by atoms with Crippen LogP contribution in [0.1, 0.15) is 57.4 Å². The average Bonchev–Trinajstić information content (AvgIpc) is 3.33. The smallest absolute Gasteiger partial charge is 0.417 e. The number of methoxy groups -OCH3 is 1. The zero-order chi connectivity index (χ0) is 26.0. The van der Waals surface area contributed by atoms with Gasteiger partial charge in [-0.1, -0.05) is 24.3 Å². The highest BCUT2D eigenvalue weighted by Crippen LogP contribution is 2.44. The van der Waals surface area contributed by atoms with Crippen LogP contribution in [0.25, 0.3) is 11.1 Å². The molecule has 1 unspecified atom stereocenters. The normalized spacial score (nSPS) is 13.8. The number of alkyl halides is 3. The summed E-state index contributed by atoms with van der Waals surface area (Å²) in [4.78, 5) is 16.0. The summed E-state index contributed by atoms with van der Waals surface area (Å²) < 4.78 is 65.7. The van der Waals surface area contributed by atoms with E-state index < -0.39 is 23.5 Å². The molecule has 4 nitrogen and oxygen atoms in total. The van der Waals surface area contributed by atoms with Gasteiger partial charge < -0.3 is 9.47 Å². The third-order valence-electron chi connectivity index (χ3n) is 6.24. The highest BCUT2D eigenvalue weighted by Gasteiger charge is 2.33. The van der Waals surface area contributed by atoms with Crippen molar-refractivity contribution in [2.75, 3.05) is 7.11 Å². The summed E-state index contributed by atoms with van der Waals surface area (Å²) in [5, 5.41) is 0.922. The molecule has 0 spiro atoms. The fourth-order valence-electron chi connectivity index (χ4n) is 4.34. The number of carbonyl (C=O) groups is 1. The van der Waals surface area contributed by atoms with Crippen molar-refractivity contribution in [2.45, 2.75) is 39.0 Å². The number of hydrogen-bond acceptors (Lipinski definition) is 4. The quantitative estimate of drug-likeness (QED) is 0.213. The van der Waals surface area contributed by atoms with Crippen molar-refractivity contribution in [3.8, 4) is 5.88 Å². The van der Waals surface area contributed by atoms with Crippen LogP contribution in [0.4, 0.5) is 17.6 Å². The van der Waals surface area contributed by atoms with Gasteiger partial charge in [-0.15, -0.1) is 9.24 Å². The maximum absolute atomic E-state index is 14.2. The Morgan fingerprint density at radius 1 is 1.11 bits per heavy atom. The molecule has 1 aromatic heterocycles. The van der Waals surface area contributed by atoms with Gasteiger partial charge in [0.15, 0.2) is 0 Å². The summed E-state index contributed by atoms with van der Waals surface area (Å²) >= 11 is 0. The van der Waals surface area contributed by atoms with Gasteiger partial charge >= 0.3 is 12.1 Å². The van der Waals surface area contributed by atoms with E-state index >= 15 is 0 Å². The number of halogens is 4. The first-order valence-corrected chi connectivity index (χ1v) is 11.8. The Bertz CT molecular complexity index is 1330. The van der Waals surface area contributed by atoms with Crippen molar-refractivity contribution in [1.82, 2.24) is 4.98 Å². The minimum Gasteiger partial charge on any atom is -0.472 e. The van der Waals surface area contributed by atoms with Gasteiger partial charge in [-0.2, -0.15) is 13.2 Å². The van der Waals surface area contributed by atoms with Crippen molar-refractivity contribution < 1.29 is 31.8 Å². The standard InChI is InChI=1S/C27H24F4NO3P/c1-15-5-3-8-24(36)22(15)14-35-25-20(12-17(13-32-25)27(29,30)31)19-7-4-6-18(19)16-9-10-23(28)21(11-16)26(33)34-2/h3,5,8-13H,4,6-7,14,36H2,1-2H3. The second kappa shape index (κ2) is 10.4. The van der Waals surface area contributed by atoms with E-state index in [9.17, 15) is 22.4 Å². The number of esters is 1. The van der Waals surface area contributed by atoms with Crippen LogP contribution >= 0.6 is 9.24 Å². The summed E-state index contributed by atoms with van der Waals surface area (Å²) in [5.74, 6) is -1.48. The Balaban J connectivity index is 1.81. The number of rotatable bonds is 6. The van der Waals surface area contributed by atoms with Gasteiger partial charge in [0.25, 0.3) is 0 Å². The molecule has 4 rings (SSSR count). The number of hydrogen-bond donors (Lipinski definition) is 0. The number of benzene rings is 2. The molecule has 1 atom stereocenters. The Kier molecular flexibility index (Phi) is 7.46. The maximum Gasteiger partial charge on any atom is 0.417 e. The topological polar surface area (TPSA) is 48.4 Å². The van der Waals surface area contributed by atoms with Crippen molar-refractivity contribution in [3.63, 3.8) is 0 Å². The van der Waals surface area contributed by atoms with E-state index in [0.717, 1.165) is 41.9 Å². The highest BCUT2D eigenvalue weighted by atomic mass is 31.0. The lowest BCUT2D eigenvalue weighted by Crippen LogP contribution is -2.11. The molecule has 0 aliphatic heterocycles. The zero-order valence-corrected chi connectivity index (χ0v) is 20.9. The number of nitrogens with zero attached hydrogens (tertiary/aromatic N) is 1. The fraction of sp³-hybridized carbons (Fsp3) is 0.259. The maximum atomic E-state index is 14.2. The number of aromatic nitrogens is 1. The summed E-state index contributed by atoms with van der Waals surface area (Å²) in [6.07, 6.45) is -2.11. The lowest BCUT2D eigenvalue weighted by atomic mass is 9.95. The first-order chi connectivity index (χ1) is 17.1. The minimum absolute atomic E-state index is 0.0837. The number of aryl methyl sites for hydroxylation is 1. The third kappa shape index (κ3) is 5.29. The van der Waals surface area contributed by atoms with Crippen LogP contribution in [0, 0.1) is 12.7 Å². The summed E-state index contributed by atoms with van der Waals surface area (Å²) in [7, 11) is 3.78.